The third-order valence-corrected chi connectivity index (χ3v) is 3.86. The van der Waals surface area contributed by atoms with Crippen LogP contribution in [0.25, 0.3) is 0 Å². The molecule has 14 heavy (non-hydrogen) atoms. The van der Waals surface area contributed by atoms with Gasteiger partial charge in [-0.1, -0.05) is 42.1 Å². The van der Waals surface area contributed by atoms with Gasteiger partial charge < -0.3 is 4.90 Å². The summed E-state index contributed by atoms with van der Waals surface area (Å²) in [7, 11) is 0. The highest BCUT2D eigenvalue weighted by molar-refractivity contribution is 9.09. The van der Waals surface area contributed by atoms with E-state index in [9.17, 15) is 0 Å². The number of halogens is 1. The second kappa shape index (κ2) is 7.70. The van der Waals surface area contributed by atoms with Crippen LogP contribution in [0.5, 0.6) is 0 Å². The van der Waals surface area contributed by atoms with Gasteiger partial charge in [0.25, 0.3) is 0 Å². The van der Waals surface area contributed by atoms with Crippen LogP contribution < -0.4 is 0 Å². The third kappa shape index (κ3) is 4.79. The maximum atomic E-state index is 3.51. The standard InChI is InChI=1S/C12H24BrN/c1-2-14(10-6-9-13)11-12-7-4-3-5-8-12/h12H,2-11H2,1H3. The summed E-state index contributed by atoms with van der Waals surface area (Å²) in [6, 6.07) is 0. The van der Waals surface area contributed by atoms with E-state index < -0.39 is 0 Å². The summed E-state index contributed by atoms with van der Waals surface area (Å²) in [5.74, 6) is 0.999. The molecule has 1 saturated carbocycles. The van der Waals surface area contributed by atoms with Gasteiger partial charge in [0, 0.05) is 11.9 Å². The Morgan fingerprint density at radius 2 is 1.93 bits per heavy atom. The topological polar surface area (TPSA) is 3.24 Å². The number of alkyl halides is 1. The Morgan fingerprint density at radius 1 is 1.21 bits per heavy atom. The Kier molecular flexibility index (Phi) is 6.88. The largest absolute Gasteiger partial charge is 0.303 e. The lowest BCUT2D eigenvalue weighted by atomic mass is 9.89. The van der Waals surface area contributed by atoms with Crippen molar-refractivity contribution in [3.8, 4) is 0 Å². The Balaban J connectivity index is 2.16. The van der Waals surface area contributed by atoms with Crippen LogP contribution in [0.2, 0.25) is 0 Å². The molecular formula is C12H24BrN. The summed E-state index contributed by atoms with van der Waals surface area (Å²) in [5, 5.41) is 1.15. The molecule has 0 N–H and O–H groups in total. The first-order valence-electron chi connectivity index (χ1n) is 6.15. The van der Waals surface area contributed by atoms with Crippen LogP contribution in [0.3, 0.4) is 0 Å². The van der Waals surface area contributed by atoms with Gasteiger partial charge in [0.1, 0.15) is 0 Å². The molecule has 0 aromatic carbocycles. The Hall–Kier alpha value is 0.440. The summed E-state index contributed by atoms with van der Waals surface area (Å²) in [5.41, 5.74) is 0. The van der Waals surface area contributed by atoms with Gasteiger partial charge in [0.2, 0.25) is 0 Å². The Morgan fingerprint density at radius 3 is 2.50 bits per heavy atom. The Labute approximate surface area is 97.4 Å². The fraction of sp³-hybridized carbons (Fsp3) is 1.00. The first-order chi connectivity index (χ1) is 6.86. The van der Waals surface area contributed by atoms with E-state index in [1.54, 1.807) is 0 Å². The molecule has 0 heterocycles. The zero-order chi connectivity index (χ0) is 10.2. The van der Waals surface area contributed by atoms with Crippen LogP contribution in [-0.2, 0) is 0 Å². The molecule has 0 saturated heterocycles. The van der Waals surface area contributed by atoms with E-state index in [4.69, 9.17) is 0 Å². The molecule has 1 nitrogen and oxygen atoms in total. The van der Waals surface area contributed by atoms with Crippen LogP contribution in [0.15, 0.2) is 0 Å². The van der Waals surface area contributed by atoms with Gasteiger partial charge in [-0.2, -0.15) is 0 Å². The van der Waals surface area contributed by atoms with Crippen molar-refractivity contribution < 1.29 is 0 Å². The van der Waals surface area contributed by atoms with Gasteiger partial charge in [-0.3, -0.25) is 0 Å². The monoisotopic (exact) mass is 261 g/mol. The van der Waals surface area contributed by atoms with Crippen molar-refractivity contribution in [3.63, 3.8) is 0 Å². The van der Waals surface area contributed by atoms with E-state index in [0.29, 0.717) is 0 Å². The van der Waals surface area contributed by atoms with Crippen molar-refractivity contribution in [1.82, 2.24) is 4.90 Å². The molecule has 0 spiro atoms. The molecule has 0 aromatic rings. The minimum atomic E-state index is 0.999. The van der Waals surface area contributed by atoms with Crippen molar-refractivity contribution >= 4 is 15.9 Å². The summed E-state index contributed by atoms with van der Waals surface area (Å²) in [4.78, 5) is 2.62. The van der Waals surface area contributed by atoms with Crippen LogP contribution in [0, 0.1) is 5.92 Å². The molecule has 1 aliphatic carbocycles. The average Bonchev–Trinajstić information content (AvgIpc) is 2.25. The van der Waals surface area contributed by atoms with Crippen LogP contribution in [0.4, 0.5) is 0 Å². The summed E-state index contributed by atoms with van der Waals surface area (Å²) < 4.78 is 0. The van der Waals surface area contributed by atoms with Crippen LogP contribution in [0.1, 0.15) is 45.4 Å². The quantitative estimate of drug-likeness (QED) is 0.660. The second-order valence-corrected chi connectivity index (χ2v) is 5.23. The van der Waals surface area contributed by atoms with Crippen molar-refractivity contribution in [2.24, 2.45) is 5.92 Å². The van der Waals surface area contributed by atoms with Gasteiger partial charge in [-0.05, 0) is 38.3 Å². The highest BCUT2D eigenvalue weighted by atomic mass is 79.9. The van der Waals surface area contributed by atoms with Crippen molar-refractivity contribution in [1.29, 1.82) is 0 Å². The molecule has 2 heteroatoms. The van der Waals surface area contributed by atoms with E-state index in [0.717, 1.165) is 11.2 Å². The SMILES string of the molecule is CCN(CCCBr)CC1CCCCC1. The summed E-state index contributed by atoms with van der Waals surface area (Å²) in [6.45, 7) is 6.14. The smallest absolute Gasteiger partial charge is 0.00434 e. The van der Waals surface area contributed by atoms with E-state index in [2.05, 4.69) is 27.8 Å². The lowest BCUT2D eigenvalue weighted by molar-refractivity contribution is 0.209. The average molecular weight is 262 g/mol. The predicted molar refractivity (Wildman–Crippen MR) is 67.1 cm³/mol. The highest BCUT2D eigenvalue weighted by Gasteiger charge is 2.15. The lowest BCUT2D eigenvalue weighted by Gasteiger charge is -2.28. The molecule has 1 rings (SSSR count). The maximum absolute atomic E-state index is 3.51. The lowest BCUT2D eigenvalue weighted by Crippen LogP contribution is -2.31. The summed E-state index contributed by atoms with van der Waals surface area (Å²) in [6.07, 6.45) is 8.67. The predicted octanol–water partition coefficient (Wildman–Crippen LogP) is 3.67. The first kappa shape index (κ1) is 12.5. The maximum Gasteiger partial charge on any atom is 0.00434 e. The van der Waals surface area contributed by atoms with Gasteiger partial charge >= 0.3 is 0 Å². The van der Waals surface area contributed by atoms with Gasteiger partial charge in [-0.15, -0.1) is 0 Å². The number of hydrogen-bond donors (Lipinski definition) is 0. The number of nitrogens with zero attached hydrogens (tertiary/aromatic N) is 1. The molecule has 0 radical (unpaired) electrons. The van der Waals surface area contributed by atoms with Gasteiger partial charge in [0.05, 0.1) is 0 Å². The fourth-order valence-electron chi connectivity index (χ4n) is 2.40. The van der Waals surface area contributed by atoms with E-state index in [1.807, 2.05) is 0 Å². The molecule has 0 aliphatic heterocycles. The number of rotatable bonds is 6. The highest BCUT2D eigenvalue weighted by Crippen LogP contribution is 2.24. The zero-order valence-corrected chi connectivity index (χ0v) is 11.1. The normalized spacial score (nSPS) is 19.1. The van der Waals surface area contributed by atoms with E-state index in [-0.39, 0.29) is 0 Å². The molecule has 1 fully saturated rings. The fourth-order valence-corrected chi connectivity index (χ4v) is 2.65. The van der Waals surface area contributed by atoms with Crippen molar-refractivity contribution in [3.05, 3.63) is 0 Å². The van der Waals surface area contributed by atoms with Gasteiger partial charge in [0.15, 0.2) is 0 Å². The Bertz CT molecular complexity index is 132. The first-order valence-corrected chi connectivity index (χ1v) is 7.27. The molecule has 0 unspecified atom stereocenters. The van der Waals surface area contributed by atoms with E-state index in [1.165, 1.54) is 58.2 Å². The molecule has 0 aromatic heterocycles. The molecule has 0 amide bonds. The molecule has 1 aliphatic rings. The molecule has 0 atom stereocenters. The minimum absolute atomic E-state index is 0.999. The number of hydrogen-bond acceptors (Lipinski definition) is 1. The van der Waals surface area contributed by atoms with E-state index >= 15 is 0 Å². The van der Waals surface area contributed by atoms with Crippen LogP contribution >= 0.6 is 15.9 Å². The van der Waals surface area contributed by atoms with Crippen molar-refractivity contribution in [2.45, 2.75) is 45.4 Å². The van der Waals surface area contributed by atoms with Gasteiger partial charge in [-0.25, -0.2) is 0 Å². The summed E-state index contributed by atoms with van der Waals surface area (Å²) >= 11 is 3.51. The second-order valence-electron chi connectivity index (χ2n) is 4.44. The van der Waals surface area contributed by atoms with Crippen molar-refractivity contribution in [2.75, 3.05) is 25.0 Å². The molecular weight excluding hydrogens is 238 g/mol. The van der Waals surface area contributed by atoms with Crippen LogP contribution in [-0.4, -0.2) is 29.9 Å². The third-order valence-electron chi connectivity index (χ3n) is 3.30. The molecule has 0 bridgehead atoms. The minimum Gasteiger partial charge on any atom is -0.303 e. The molecule has 84 valence electrons. The zero-order valence-electron chi connectivity index (χ0n) is 9.47.